The lowest BCUT2D eigenvalue weighted by Crippen LogP contribution is -2.43. The zero-order valence-electron chi connectivity index (χ0n) is 17.3. The van der Waals surface area contributed by atoms with E-state index in [2.05, 4.69) is 0 Å². The minimum Gasteiger partial charge on any atom is -0.373 e. The number of carbonyl (C=O) groups excluding carboxylic acids is 1. The lowest BCUT2D eigenvalue weighted by atomic mass is 10.1. The molecule has 2 aromatic carbocycles. The molecule has 9 heteroatoms. The van der Waals surface area contributed by atoms with Crippen LogP contribution < -0.4 is 5.48 Å². The number of halogens is 1. The Bertz CT molecular complexity index is 992. The van der Waals surface area contributed by atoms with Crippen LogP contribution in [0.2, 0.25) is 0 Å². The van der Waals surface area contributed by atoms with Crippen molar-refractivity contribution in [1.29, 1.82) is 0 Å². The number of amides is 1. The minimum absolute atomic E-state index is 0.133. The Labute approximate surface area is 181 Å². The summed E-state index contributed by atoms with van der Waals surface area (Å²) in [7, 11) is -3.84. The molecule has 7 nitrogen and oxygen atoms in total. The summed E-state index contributed by atoms with van der Waals surface area (Å²) in [5, 5.41) is 7.78. The molecule has 0 unspecified atom stereocenters. The molecule has 0 bridgehead atoms. The van der Waals surface area contributed by atoms with Crippen molar-refractivity contribution in [2.75, 3.05) is 13.1 Å². The number of hydrogen-bond donors (Lipinski definition) is 2. The van der Waals surface area contributed by atoms with E-state index in [1.807, 2.05) is 0 Å². The van der Waals surface area contributed by atoms with Crippen molar-refractivity contribution in [3.63, 3.8) is 0 Å². The molecule has 1 aliphatic rings. The van der Waals surface area contributed by atoms with E-state index >= 15 is 0 Å². The first-order valence-electron chi connectivity index (χ1n) is 10.2. The van der Waals surface area contributed by atoms with E-state index in [0.717, 1.165) is 0 Å². The Kier molecular flexibility index (Phi) is 7.77. The Morgan fingerprint density at radius 3 is 2.52 bits per heavy atom. The number of aryl methyl sites for hydroxylation is 1. The summed E-state index contributed by atoms with van der Waals surface area (Å²) in [5.74, 6) is -1.05. The Hall–Kier alpha value is -2.33. The molecule has 1 aliphatic heterocycles. The van der Waals surface area contributed by atoms with Gasteiger partial charge in [0.25, 0.3) is 0 Å². The van der Waals surface area contributed by atoms with Gasteiger partial charge in [-0.1, -0.05) is 48.5 Å². The summed E-state index contributed by atoms with van der Waals surface area (Å²) in [6.45, 7) is 2.32. The highest BCUT2D eigenvalue weighted by Crippen LogP contribution is 2.31. The van der Waals surface area contributed by atoms with Crippen molar-refractivity contribution in [1.82, 2.24) is 9.79 Å². The van der Waals surface area contributed by atoms with Crippen LogP contribution in [0.15, 0.2) is 48.5 Å². The Morgan fingerprint density at radius 2 is 1.87 bits per heavy atom. The third kappa shape index (κ3) is 5.68. The fourth-order valence-corrected chi connectivity index (χ4v) is 5.68. The summed E-state index contributed by atoms with van der Waals surface area (Å²) in [4.78, 5) is 11.8. The smallest absolute Gasteiger partial charge is 0.245 e. The van der Waals surface area contributed by atoms with Crippen LogP contribution >= 0.6 is 0 Å². The second-order valence-corrected chi connectivity index (χ2v) is 9.76. The SMILES string of the molecule is Cc1cccc(COC2CCN(S(=O)(=O)[C@H](CC(=O)NO)c3ccccc3)CC2)c1F. The maximum atomic E-state index is 14.1. The van der Waals surface area contributed by atoms with E-state index < -0.39 is 21.2 Å². The lowest BCUT2D eigenvalue weighted by Gasteiger charge is -2.33. The third-order valence-corrected chi connectivity index (χ3v) is 7.78. The average molecular weight is 451 g/mol. The van der Waals surface area contributed by atoms with Crippen LogP contribution in [-0.4, -0.2) is 43.0 Å². The molecule has 2 aromatic rings. The number of nitrogens with zero attached hydrogens (tertiary/aromatic N) is 1. The van der Waals surface area contributed by atoms with E-state index in [0.29, 0.717) is 29.5 Å². The molecule has 1 saturated heterocycles. The number of hydrogen-bond acceptors (Lipinski definition) is 5. The molecule has 168 valence electrons. The molecule has 0 spiro atoms. The first kappa shape index (κ1) is 23.3. The van der Waals surface area contributed by atoms with Crippen molar-refractivity contribution in [3.05, 3.63) is 71.0 Å². The van der Waals surface area contributed by atoms with E-state index in [-0.39, 0.29) is 38.0 Å². The predicted octanol–water partition coefficient (Wildman–Crippen LogP) is 3.08. The van der Waals surface area contributed by atoms with Crippen molar-refractivity contribution in [2.24, 2.45) is 0 Å². The molecular weight excluding hydrogens is 423 g/mol. The van der Waals surface area contributed by atoms with Crippen LogP contribution in [0.4, 0.5) is 4.39 Å². The number of sulfonamides is 1. The van der Waals surface area contributed by atoms with Crippen LogP contribution in [-0.2, 0) is 26.2 Å². The number of rotatable bonds is 8. The maximum absolute atomic E-state index is 14.1. The fourth-order valence-electron chi connectivity index (χ4n) is 3.74. The summed E-state index contributed by atoms with van der Waals surface area (Å²) < 4.78 is 47.9. The Balaban J connectivity index is 1.64. The summed E-state index contributed by atoms with van der Waals surface area (Å²) in [6, 6.07) is 13.6. The van der Waals surface area contributed by atoms with Gasteiger partial charge in [-0.2, -0.15) is 0 Å². The lowest BCUT2D eigenvalue weighted by molar-refractivity contribution is -0.129. The van der Waals surface area contributed by atoms with Crippen LogP contribution in [0.5, 0.6) is 0 Å². The molecule has 2 N–H and O–H groups in total. The van der Waals surface area contributed by atoms with Gasteiger partial charge in [0.2, 0.25) is 15.9 Å². The quantitative estimate of drug-likeness (QED) is 0.476. The van der Waals surface area contributed by atoms with Gasteiger partial charge in [-0.15, -0.1) is 0 Å². The van der Waals surface area contributed by atoms with Crippen molar-refractivity contribution < 1.29 is 27.5 Å². The number of piperidine rings is 1. The van der Waals surface area contributed by atoms with Crippen LogP contribution in [0.3, 0.4) is 0 Å². The van der Waals surface area contributed by atoms with E-state index in [1.54, 1.807) is 55.5 Å². The second kappa shape index (κ2) is 10.3. The molecule has 3 rings (SSSR count). The largest absolute Gasteiger partial charge is 0.373 e. The molecule has 1 fully saturated rings. The molecule has 0 radical (unpaired) electrons. The molecule has 0 aliphatic carbocycles. The van der Waals surface area contributed by atoms with Crippen molar-refractivity contribution >= 4 is 15.9 Å². The molecule has 1 atom stereocenters. The summed E-state index contributed by atoms with van der Waals surface area (Å²) in [5.41, 5.74) is 3.04. The number of nitrogens with one attached hydrogen (secondary N) is 1. The van der Waals surface area contributed by atoms with Gasteiger partial charge in [-0.05, 0) is 30.9 Å². The topological polar surface area (TPSA) is 95.9 Å². The van der Waals surface area contributed by atoms with Gasteiger partial charge in [0, 0.05) is 18.7 Å². The van der Waals surface area contributed by atoms with Crippen LogP contribution in [0.1, 0.15) is 41.2 Å². The molecule has 31 heavy (non-hydrogen) atoms. The van der Waals surface area contributed by atoms with Gasteiger partial charge in [0.15, 0.2) is 0 Å². The van der Waals surface area contributed by atoms with E-state index in [4.69, 9.17) is 9.94 Å². The third-order valence-electron chi connectivity index (χ3n) is 5.53. The second-order valence-electron chi connectivity index (χ2n) is 7.64. The summed E-state index contributed by atoms with van der Waals surface area (Å²) >= 11 is 0. The van der Waals surface area contributed by atoms with Crippen molar-refractivity contribution in [2.45, 2.75) is 44.1 Å². The number of ether oxygens (including phenoxy) is 1. The number of carbonyl (C=O) groups is 1. The van der Waals surface area contributed by atoms with Gasteiger partial charge in [0.05, 0.1) is 19.1 Å². The highest BCUT2D eigenvalue weighted by Gasteiger charge is 2.37. The highest BCUT2D eigenvalue weighted by atomic mass is 32.2. The van der Waals surface area contributed by atoms with E-state index in [9.17, 15) is 17.6 Å². The highest BCUT2D eigenvalue weighted by molar-refractivity contribution is 7.89. The maximum Gasteiger partial charge on any atom is 0.245 e. The van der Waals surface area contributed by atoms with Crippen LogP contribution in [0, 0.1) is 12.7 Å². The zero-order chi connectivity index (χ0) is 22.4. The molecular formula is C22H27FN2O5S. The zero-order valence-corrected chi connectivity index (χ0v) is 18.1. The van der Waals surface area contributed by atoms with Gasteiger partial charge in [0.1, 0.15) is 11.1 Å². The molecule has 1 amide bonds. The first-order chi connectivity index (χ1) is 14.8. The summed E-state index contributed by atoms with van der Waals surface area (Å²) in [6.07, 6.45) is 0.384. The molecule has 0 aromatic heterocycles. The van der Waals surface area contributed by atoms with E-state index in [1.165, 1.54) is 9.79 Å². The van der Waals surface area contributed by atoms with Gasteiger partial charge in [-0.3, -0.25) is 10.0 Å². The number of hydroxylamine groups is 1. The van der Waals surface area contributed by atoms with Gasteiger partial charge < -0.3 is 4.74 Å². The molecule has 1 heterocycles. The molecule has 0 saturated carbocycles. The van der Waals surface area contributed by atoms with Gasteiger partial charge in [-0.25, -0.2) is 22.6 Å². The fraction of sp³-hybridized carbons (Fsp3) is 0.409. The normalized spacial score (nSPS) is 16.7. The Morgan fingerprint density at radius 1 is 1.19 bits per heavy atom. The minimum atomic E-state index is -3.84. The standard InChI is InChI=1S/C22H27FN2O5S/c1-16-6-5-9-18(22(16)23)15-30-19-10-12-25(13-11-19)31(28,29)20(14-21(26)24-27)17-7-3-2-4-8-17/h2-9,19-20,27H,10-15H2,1H3,(H,24,26)/t20-/m1/s1. The first-order valence-corrected chi connectivity index (χ1v) is 11.7. The van der Waals surface area contributed by atoms with Crippen molar-refractivity contribution in [3.8, 4) is 0 Å². The average Bonchev–Trinajstić information content (AvgIpc) is 2.79. The predicted molar refractivity (Wildman–Crippen MR) is 113 cm³/mol. The van der Waals surface area contributed by atoms with Crippen LogP contribution in [0.25, 0.3) is 0 Å². The monoisotopic (exact) mass is 450 g/mol. The van der Waals surface area contributed by atoms with Gasteiger partial charge >= 0.3 is 0 Å². The number of benzene rings is 2.